The van der Waals surface area contributed by atoms with Gasteiger partial charge in [0.25, 0.3) is 5.91 Å². The third kappa shape index (κ3) is 3.40. The summed E-state index contributed by atoms with van der Waals surface area (Å²) in [6, 6.07) is 3.46. The topological polar surface area (TPSA) is 97.6 Å². The molecular formula is C17H18N2O5. The van der Waals surface area contributed by atoms with Crippen molar-refractivity contribution in [3.05, 3.63) is 35.1 Å². The predicted molar refractivity (Wildman–Crippen MR) is 85.5 cm³/mol. The van der Waals surface area contributed by atoms with Gasteiger partial charge in [-0.25, -0.2) is 4.79 Å². The minimum atomic E-state index is -0.683. The predicted octanol–water partition coefficient (Wildman–Crippen LogP) is 1.46. The molecule has 2 N–H and O–H groups in total. The van der Waals surface area contributed by atoms with Gasteiger partial charge >= 0.3 is 12.0 Å². The Morgan fingerprint density at radius 3 is 2.71 bits per heavy atom. The Hall–Kier alpha value is -2.83. The van der Waals surface area contributed by atoms with Gasteiger partial charge in [-0.15, -0.1) is 0 Å². The highest BCUT2D eigenvalue weighted by molar-refractivity contribution is 5.95. The first-order valence-corrected chi connectivity index (χ1v) is 7.76. The van der Waals surface area contributed by atoms with Crippen LogP contribution in [0.1, 0.15) is 23.1 Å². The molecule has 0 radical (unpaired) electrons. The molecule has 2 aromatic rings. The van der Waals surface area contributed by atoms with Gasteiger partial charge in [-0.3, -0.25) is 14.9 Å². The summed E-state index contributed by atoms with van der Waals surface area (Å²) in [5, 5.41) is 5.16. The second kappa shape index (κ2) is 6.74. The highest BCUT2D eigenvalue weighted by Crippen LogP contribution is 2.30. The summed E-state index contributed by atoms with van der Waals surface area (Å²) in [5.41, 5.74) is 4.09. The summed E-state index contributed by atoms with van der Waals surface area (Å²) in [4.78, 5) is 34.3. The average Bonchev–Trinajstić information content (AvgIpc) is 3.17. The molecule has 0 unspecified atom stereocenters. The summed E-state index contributed by atoms with van der Waals surface area (Å²) in [5.74, 6) is -1.23. The summed E-state index contributed by atoms with van der Waals surface area (Å²) in [6.45, 7) is -0.503. The van der Waals surface area contributed by atoms with Gasteiger partial charge in [0.2, 0.25) is 0 Å². The number of carbonyl (C=O) groups is 3. The molecule has 0 saturated heterocycles. The number of benzene rings is 1. The molecule has 7 nitrogen and oxygen atoms in total. The van der Waals surface area contributed by atoms with Gasteiger partial charge < -0.3 is 14.5 Å². The van der Waals surface area contributed by atoms with E-state index in [1.165, 1.54) is 18.2 Å². The van der Waals surface area contributed by atoms with E-state index in [1.807, 2.05) is 11.4 Å². The quantitative estimate of drug-likeness (QED) is 0.827. The highest BCUT2D eigenvalue weighted by Gasteiger charge is 2.17. The Balaban J connectivity index is 1.61. The van der Waals surface area contributed by atoms with E-state index in [0.29, 0.717) is 0 Å². The van der Waals surface area contributed by atoms with Crippen LogP contribution in [0.3, 0.4) is 0 Å². The van der Waals surface area contributed by atoms with Crippen LogP contribution in [-0.2, 0) is 33.6 Å². The first kappa shape index (κ1) is 16.0. The molecule has 0 saturated carbocycles. The molecule has 0 bridgehead atoms. The van der Waals surface area contributed by atoms with Crippen molar-refractivity contribution in [1.82, 2.24) is 10.6 Å². The number of amides is 3. The lowest BCUT2D eigenvalue weighted by molar-refractivity contribution is -0.147. The molecule has 3 amide bonds. The molecule has 1 aliphatic rings. The maximum atomic E-state index is 11.9. The van der Waals surface area contributed by atoms with Crippen molar-refractivity contribution in [3.63, 3.8) is 0 Å². The number of carbonyl (C=O) groups excluding carboxylic acids is 3. The third-order valence-electron chi connectivity index (χ3n) is 4.05. The zero-order valence-corrected chi connectivity index (χ0v) is 13.3. The third-order valence-corrected chi connectivity index (χ3v) is 4.05. The van der Waals surface area contributed by atoms with Crippen LogP contribution in [0, 0.1) is 0 Å². The molecule has 0 spiro atoms. The molecule has 1 aromatic heterocycles. The molecule has 1 aromatic carbocycles. The summed E-state index contributed by atoms with van der Waals surface area (Å²) in [6.07, 6.45) is 4.80. The van der Waals surface area contributed by atoms with E-state index in [-0.39, 0.29) is 6.42 Å². The number of fused-ring (bicyclic) bond motifs is 2. The monoisotopic (exact) mass is 330 g/mol. The number of imide groups is 1. The van der Waals surface area contributed by atoms with Crippen molar-refractivity contribution in [1.29, 1.82) is 0 Å². The molecule has 0 fully saturated rings. The summed E-state index contributed by atoms with van der Waals surface area (Å²) in [7, 11) is 1.38. The lowest BCUT2D eigenvalue weighted by atomic mass is 10.0. The van der Waals surface area contributed by atoms with Gasteiger partial charge in [0.1, 0.15) is 5.58 Å². The van der Waals surface area contributed by atoms with Crippen molar-refractivity contribution in [2.75, 3.05) is 13.7 Å². The van der Waals surface area contributed by atoms with Crippen LogP contribution in [-0.4, -0.2) is 31.6 Å². The van der Waals surface area contributed by atoms with Crippen LogP contribution in [0.15, 0.2) is 22.8 Å². The fraction of sp³-hybridized carbons (Fsp3) is 0.353. The SMILES string of the molecule is CNC(=O)NC(=O)COC(=O)Cc1coc2cc3c(cc12)CCC3. The summed E-state index contributed by atoms with van der Waals surface area (Å²) >= 11 is 0. The smallest absolute Gasteiger partial charge is 0.321 e. The van der Waals surface area contributed by atoms with E-state index in [4.69, 9.17) is 9.15 Å². The number of hydrogen-bond acceptors (Lipinski definition) is 5. The number of rotatable bonds is 4. The van der Waals surface area contributed by atoms with Gasteiger partial charge in [0.15, 0.2) is 6.61 Å². The van der Waals surface area contributed by atoms with Crippen LogP contribution in [0.5, 0.6) is 0 Å². The number of urea groups is 1. The molecule has 0 aliphatic heterocycles. The van der Waals surface area contributed by atoms with E-state index in [1.54, 1.807) is 6.26 Å². The second-order valence-electron chi connectivity index (χ2n) is 5.70. The Kier molecular flexibility index (Phi) is 4.50. The normalized spacial score (nSPS) is 12.7. The van der Waals surface area contributed by atoms with Crippen LogP contribution in [0.2, 0.25) is 0 Å². The first-order chi connectivity index (χ1) is 11.6. The van der Waals surface area contributed by atoms with Crippen LogP contribution in [0.4, 0.5) is 4.79 Å². The maximum absolute atomic E-state index is 11.9. The number of esters is 1. The Morgan fingerprint density at radius 2 is 1.96 bits per heavy atom. The van der Waals surface area contributed by atoms with E-state index >= 15 is 0 Å². The minimum Gasteiger partial charge on any atom is -0.464 e. The number of ether oxygens (including phenoxy) is 1. The van der Waals surface area contributed by atoms with Gasteiger partial charge in [-0.1, -0.05) is 0 Å². The van der Waals surface area contributed by atoms with Crippen LogP contribution in [0.25, 0.3) is 11.0 Å². The molecule has 7 heteroatoms. The Morgan fingerprint density at radius 1 is 1.21 bits per heavy atom. The average molecular weight is 330 g/mol. The molecule has 3 rings (SSSR count). The van der Waals surface area contributed by atoms with Gasteiger partial charge in [-0.2, -0.15) is 0 Å². The highest BCUT2D eigenvalue weighted by atomic mass is 16.5. The van der Waals surface area contributed by atoms with Crippen molar-refractivity contribution in [2.45, 2.75) is 25.7 Å². The maximum Gasteiger partial charge on any atom is 0.321 e. The summed E-state index contributed by atoms with van der Waals surface area (Å²) < 4.78 is 10.4. The number of furan rings is 1. The van der Waals surface area contributed by atoms with Crippen LogP contribution >= 0.6 is 0 Å². The molecular weight excluding hydrogens is 312 g/mol. The van der Waals surface area contributed by atoms with Gasteiger partial charge in [0.05, 0.1) is 12.7 Å². The molecule has 1 aliphatic carbocycles. The van der Waals surface area contributed by atoms with Gasteiger partial charge in [0, 0.05) is 18.0 Å². The Bertz CT molecular complexity index is 809. The van der Waals surface area contributed by atoms with Crippen molar-refractivity contribution in [2.24, 2.45) is 0 Å². The zero-order chi connectivity index (χ0) is 17.1. The molecule has 0 atom stereocenters. The minimum absolute atomic E-state index is 0.0129. The van der Waals surface area contributed by atoms with Gasteiger partial charge in [-0.05, 0) is 42.5 Å². The first-order valence-electron chi connectivity index (χ1n) is 7.76. The number of nitrogens with one attached hydrogen (secondary N) is 2. The van der Waals surface area contributed by atoms with E-state index in [0.717, 1.165) is 35.8 Å². The van der Waals surface area contributed by atoms with Crippen LogP contribution < -0.4 is 10.6 Å². The molecule has 126 valence electrons. The Labute approximate surface area is 138 Å². The lowest BCUT2D eigenvalue weighted by Gasteiger charge is -2.05. The number of hydrogen-bond donors (Lipinski definition) is 2. The molecule has 1 heterocycles. The van der Waals surface area contributed by atoms with E-state index in [9.17, 15) is 14.4 Å². The van der Waals surface area contributed by atoms with Crippen molar-refractivity contribution >= 4 is 28.9 Å². The fourth-order valence-electron chi connectivity index (χ4n) is 2.86. The zero-order valence-electron chi connectivity index (χ0n) is 13.3. The standard InChI is InChI=1S/C17H18N2O5/c1-18-17(22)19-15(20)9-24-16(21)7-12-8-23-14-6-11-4-2-3-10(11)5-13(12)14/h5-6,8H,2-4,7,9H2,1H3,(H2,18,19,20,22). The largest absolute Gasteiger partial charge is 0.464 e. The van der Waals surface area contributed by atoms with E-state index < -0.39 is 24.5 Å². The van der Waals surface area contributed by atoms with E-state index in [2.05, 4.69) is 11.4 Å². The molecule has 24 heavy (non-hydrogen) atoms. The lowest BCUT2D eigenvalue weighted by Crippen LogP contribution is -2.39. The van der Waals surface area contributed by atoms with Crippen molar-refractivity contribution < 1.29 is 23.5 Å². The van der Waals surface area contributed by atoms with Crippen molar-refractivity contribution in [3.8, 4) is 0 Å². The number of aryl methyl sites for hydroxylation is 2. The fourth-order valence-corrected chi connectivity index (χ4v) is 2.86. The second-order valence-corrected chi connectivity index (χ2v) is 5.70.